The molecule has 7 nitrogen and oxygen atoms in total. The van der Waals surface area contributed by atoms with Gasteiger partial charge in [-0.15, -0.1) is 0 Å². The Morgan fingerprint density at radius 2 is 2.38 bits per heavy atom. The standard InChI is InChI=1S/C9H14N4O3/c1-5(9(15)16)13-8(14)7(10)2-6-3-11-4-12-6/h3-5,7H,2,10H2,1H3,(H,11,12)(H,13,14)(H,15,16). The lowest BCUT2D eigenvalue weighted by Gasteiger charge is -2.13. The fourth-order valence-electron chi connectivity index (χ4n) is 1.10. The molecule has 0 aliphatic carbocycles. The van der Waals surface area contributed by atoms with Crippen LogP contribution in [0.15, 0.2) is 12.5 Å². The van der Waals surface area contributed by atoms with E-state index in [1.54, 1.807) is 6.20 Å². The maximum atomic E-state index is 11.4. The molecule has 0 aromatic carbocycles. The second-order valence-corrected chi connectivity index (χ2v) is 3.44. The van der Waals surface area contributed by atoms with Crippen molar-refractivity contribution in [2.75, 3.05) is 0 Å². The van der Waals surface area contributed by atoms with E-state index >= 15 is 0 Å². The number of nitrogens with one attached hydrogen (secondary N) is 2. The number of carbonyl (C=O) groups is 2. The van der Waals surface area contributed by atoms with Crippen molar-refractivity contribution in [3.05, 3.63) is 18.2 Å². The zero-order valence-electron chi connectivity index (χ0n) is 8.80. The Kier molecular flexibility index (Phi) is 4.01. The summed E-state index contributed by atoms with van der Waals surface area (Å²) in [6.07, 6.45) is 3.38. The van der Waals surface area contributed by atoms with Crippen molar-refractivity contribution in [3.8, 4) is 0 Å². The van der Waals surface area contributed by atoms with E-state index in [-0.39, 0.29) is 6.42 Å². The van der Waals surface area contributed by atoms with Crippen molar-refractivity contribution in [1.82, 2.24) is 15.3 Å². The van der Waals surface area contributed by atoms with Gasteiger partial charge in [-0.1, -0.05) is 0 Å². The summed E-state index contributed by atoms with van der Waals surface area (Å²) in [6.45, 7) is 1.38. The molecule has 1 rings (SSSR count). The lowest BCUT2D eigenvalue weighted by Crippen LogP contribution is -2.48. The second kappa shape index (κ2) is 5.26. The van der Waals surface area contributed by atoms with E-state index in [9.17, 15) is 9.59 Å². The minimum atomic E-state index is -1.10. The van der Waals surface area contributed by atoms with E-state index in [0.717, 1.165) is 0 Å². The average molecular weight is 226 g/mol. The maximum Gasteiger partial charge on any atom is 0.325 e. The maximum absolute atomic E-state index is 11.4. The van der Waals surface area contributed by atoms with Gasteiger partial charge in [0.15, 0.2) is 0 Å². The molecule has 0 saturated carbocycles. The SMILES string of the molecule is CC(NC(=O)C(N)Cc1c[nH]cn1)C(=O)O. The van der Waals surface area contributed by atoms with Crippen LogP contribution in [-0.4, -0.2) is 39.0 Å². The number of hydrogen-bond acceptors (Lipinski definition) is 4. The molecule has 0 aliphatic heterocycles. The van der Waals surface area contributed by atoms with E-state index in [2.05, 4.69) is 15.3 Å². The number of nitrogens with zero attached hydrogens (tertiary/aromatic N) is 1. The van der Waals surface area contributed by atoms with Gasteiger partial charge in [-0.25, -0.2) is 4.98 Å². The summed E-state index contributed by atoms with van der Waals surface area (Å²) in [4.78, 5) is 28.6. The van der Waals surface area contributed by atoms with Crippen molar-refractivity contribution in [2.45, 2.75) is 25.4 Å². The van der Waals surface area contributed by atoms with Crippen LogP contribution in [0.4, 0.5) is 0 Å². The number of rotatable bonds is 5. The number of aromatic amines is 1. The molecule has 1 heterocycles. The third-order valence-electron chi connectivity index (χ3n) is 2.05. The number of hydrogen-bond donors (Lipinski definition) is 4. The van der Waals surface area contributed by atoms with Crippen molar-refractivity contribution in [2.24, 2.45) is 5.73 Å². The highest BCUT2D eigenvalue weighted by atomic mass is 16.4. The van der Waals surface area contributed by atoms with Gasteiger partial charge in [0.25, 0.3) is 0 Å². The number of aliphatic carboxylic acids is 1. The fourth-order valence-corrected chi connectivity index (χ4v) is 1.10. The van der Waals surface area contributed by atoms with E-state index < -0.39 is 24.0 Å². The quantitative estimate of drug-likeness (QED) is 0.506. The molecule has 2 unspecified atom stereocenters. The van der Waals surface area contributed by atoms with Crippen LogP contribution in [0.2, 0.25) is 0 Å². The van der Waals surface area contributed by atoms with Crippen LogP contribution in [0.1, 0.15) is 12.6 Å². The van der Waals surface area contributed by atoms with Crippen molar-refractivity contribution < 1.29 is 14.7 Å². The summed E-state index contributed by atoms with van der Waals surface area (Å²) in [5, 5.41) is 10.9. The molecule has 0 radical (unpaired) electrons. The first-order chi connectivity index (χ1) is 7.50. The van der Waals surface area contributed by atoms with E-state index in [1.807, 2.05) is 0 Å². The van der Waals surface area contributed by atoms with Crippen LogP contribution in [0.5, 0.6) is 0 Å². The fraction of sp³-hybridized carbons (Fsp3) is 0.444. The Hall–Kier alpha value is -1.89. The Bertz CT molecular complexity index is 363. The summed E-state index contributed by atoms with van der Waals surface area (Å²) >= 11 is 0. The predicted octanol–water partition coefficient (Wildman–Crippen LogP) is -1.13. The molecule has 0 spiro atoms. The Balaban J connectivity index is 2.45. The van der Waals surface area contributed by atoms with Crippen LogP contribution in [-0.2, 0) is 16.0 Å². The largest absolute Gasteiger partial charge is 0.480 e. The highest BCUT2D eigenvalue weighted by Gasteiger charge is 2.19. The smallest absolute Gasteiger partial charge is 0.325 e. The number of nitrogens with two attached hydrogens (primary N) is 1. The zero-order valence-corrected chi connectivity index (χ0v) is 8.80. The molecule has 0 bridgehead atoms. The first-order valence-corrected chi connectivity index (χ1v) is 4.77. The molecule has 88 valence electrons. The van der Waals surface area contributed by atoms with Gasteiger partial charge in [-0.05, 0) is 6.92 Å². The number of carboxylic acid groups (broad SMARTS) is 1. The Morgan fingerprint density at radius 1 is 1.69 bits per heavy atom. The molecule has 0 aliphatic rings. The third kappa shape index (κ3) is 3.35. The van der Waals surface area contributed by atoms with Crippen LogP contribution in [0, 0.1) is 0 Å². The van der Waals surface area contributed by atoms with Gasteiger partial charge in [-0.2, -0.15) is 0 Å². The summed E-state index contributed by atoms with van der Waals surface area (Å²) in [6, 6.07) is -1.75. The molecule has 1 amide bonds. The minimum absolute atomic E-state index is 0.266. The molecule has 16 heavy (non-hydrogen) atoms. The average Bonchev–Trinajstić information content (AvgIpc) is 2.69. The van der Waals surface area contributed by atoms with Crippen LogP contribution >= 0.6 is 0 Å². The number of amides is 1. The topological polar surface area (TPSA) is 121 Å². The zero-order chi connectivity index (χ0) is 12.1. The molecule has 1 aromatic heterocycles. The summed E-state index contributed by atoms with van der Waals surface area (Å²) in [5.74, 6) is -1.60. The Morgan fingerprint density at radius 3 is 2.88 bits per heavy atom. The normalized spacial score (nSPS) is 14.1. The van der Waals surface area contributed by atoms with Gasteiger partial charge in [0.05, 0.1) is 18.1 Å². The number of carboxylic acids is 1. The molecule has 0 fully saturated rings. The van der Waals surface area contributed by atoms with Gasteiger partial charge in [-0.3, -0.25) is 9.59 Å². The predicted molar refractivity (Wildman–Crippen MR) is 55.5 cm³/mol. The third-order valence-corrected chi connectivity index (χ3v) is 2.05. The lowest BCUT2D eigenvalue weighted by molar-refractivity contribution is -0.141. The van der Waals surface area contributed by atoms with Crippen LogP contribution in [0.25, 0.3) is 0 Å². The number of carbonyl (C=O) groups excluding carboxylic acids is 1. The Labute approximate surface area is 92.1 Å². The highest BCUT2D eigenvalue weighted by molar-refractivity contribution is 5.86. The summed E-state index contributed by atoms with van der Waals surface area (Å²) in [7, 11) is 0. The number of imidazole rings is 1. The van der Waals surface area contributed by atoms with E-state index in [1.165, 1.54) is 13.3 Å². The van der Waals surface area contributed by atoms with E-state index in [0.29, 0.717) is 5.69 Å². The second-order valence-electron chi connectivity index (χ2n) is 3.44. The van der Waals surface area contributed by atoms with Gasteiger partial charge >= 0.3 is 5.97 Å². The molecule has 1 aromatic rings. The van der Waals surface area contributed by atoms with Crippen LogP contribution < -0.4 is 11.1 Å². The molecule has 0 saturated heterocycles. The van der Waals surface area contributed by atoms with Crippen molar-refractivity contribution in [3.63, 3.8) is 0 Å². The number of H-pyrrole nitrogens is 1. The van der Waals surface area contributed by atoms with Crippen LogP contribution in [0.3, 0.4) is 0 Å². The molecule has 7 heteroatoms. The lowest BCUT2D eigenvalue weighted by atomic mass is 10.1. The minimum Gasteiger partial charge on any atom is -0.480 e. The molecular weight excluding hydrogens is 212 g/mol. The van der Waals surface area contributed by atoms with Crippen molar-refractivity contribution >= 4 is 11.9 Å². The molecular formula is C9H14N4O3. The van der Waals surface area contributed by atoms with Gasteiger partial charge in [0.1, 0.15) is 6.04 Å². The number of aromatic nitrogens is 2. The summed E-state index contributed by atoms with van der Waals surface area (Å²) in [5.41, 5.74) is 6.26. The van der Waals surface area contributed by atoms with Gasteiger partial charge in [0, 0.05) is 12.6 Å². The van der Waals surface area contributed by atoms with Gasteiger partial charge < -0.3 is 21.1 Å². The van der Waals surface area contributed by atoms with E-state index in [4.69, 9.17) is 10.8 Å². The first kappa shape index (κ1) is 12.2. The van der Waals surface area contributed by atoms with Gasteiger partial charge in [0.2, 0.25) is 5.91 Å². The summed E-state index contributed by atoms with van der Waals surface area (Å²) < 4.78 is 0. The monoisotopic (exact) mass is 226 g/mol. The highest BCUT2D eigenvalue weighted by Crippen LogP contribution is 1.96. The van der Waals surface area contributed by atoms with Crippen molar-refractivity contribution in [1.29, 1.82) is 0 Å². The molecule has 5 N–H and O–H groups in total. The molecule has 2 atom stereocenters. The first-order valence-electron chi connectivity index (χ1n) is 4.77.